The average molecular weight is 403 g/mol. The number of ether oxygens (including phenoxy) is 2. The number of nitrogens with one attached hydrogen (secondary N) is 1. The lowest BCUT2D eigenvalue weighted by Gasteiger charge is -2.06. The number of aryl methyl sites for hydroxylation is 2. The minimum absolute atomic E-state index is 0.1000. The van der Waals surface area contributed by atoms with Gasteiger partial charge in [0.2, 0.25) is 0 Å². The first kappa shape index (κ1) is 19.2. The number of carbonyl (C=O) groups is 1. The molecule has 1 aromatic heterocycles. The number of hydrogen-bond acceptors (Lipinski definition) is 5. The van der Waals surface area contributed by atoms with Crippen molar-refractivity contribution in [3.05, 3.63) is 57.9 Å². The first-order valence-corrected chi connectivity index (χ1v) is 9.46. The normalized spacial score (nSPS) is 10.5. The Balaban J connectivity index is 1.66. The van der Waals surface area contributed by atoms with E-state index in [4.69, 9.17) is 21.1 Å². The molecule has 3 aromatic rings. The van der Waals surface area contributed by atoms with E-state index in [9.17, 15) is 4.79 Å². The Morgan fingerprint density at radius 3 is 2.59 bits per heavy atom. The van der Waals surface area contributed by atoms with Crippen molar-refractivity contribution in [1.29, 1.82) is 0 Å². The van der Waals surface area contributed by atoms with Crippen LogP contribution in [0.15, 0.2) is 42.5 Å². The van der Waals surface area contributed by atoms with E-state index in [0.29, 0.717) is 15.9 Å². The van der Waals surface area contributed by atoms with Crippen LogP contribution in [0.2, 0.25) is 5.02 Å². The summed E-state index contributed by atoms with van der Waals surface area (Å²) in [7, 11) is 1.65. The molecule has 0 saturated heterocycles. The van der Waals surface area contributed by atoms with Gasteiger partial charge in [0.05, 0.1) is 12.8 Å². The van der Waals surface area contributed by atoms with Crippen molar-refractivity contribution in [3.63, 3.8) is 0 Å². The lowest BCUT2D eigenvalue weighted by Crippen LogP contribution is -2.20. The van der Waals surface area contributed by atoms with Crippen molar-refractivity contribution in [2.75, 3.05) is 19.0 Å². The fourth-order valence-corrected chi connectivity index (χ4v) is 3.56. The van der Waals surface area contributed by atoms with Crippen molar-refractivity contribution in [1.82, 2.24) is 4.98 Å². The SMILES string of the molecule is COc1ccc(-c2nc(NC(=O)COc3ccc(Cl)cc3)sc2C)cc1C. The Bertz CT molecular complexity index is 954. The predicted molar refractivity (Wildman–Crippen MR) is 109 cm³/mol. The molecule has 1 N–H and O–H groups in total. The summed E-state index contributed by atoms with van der Waals surface area (Å²) in [6.07, 6.45) is 0. The molecule has 0 spiro atoms. The minimum Gasteiger partial charge on any atom is -0.496 e. The van der Waals surface area contributed by atoms with E-state index in [1.165, 1.54) is 11.3 Å². The quantitative estimate of drug-likeness (QED) is 0.622. The summed E-state index contributed by atoms with van der Waals surface area (Å²) in [6, 6.07) is 12.8. The maximum absolute atomic E-state index is 12.1. The molecule has 0 aliphatic carbocycles. The Kier molecular flexibility index (Phi) is 5.98. The van der Waals surface area contributed by atoms with Crippen molar-refractivity contribution >= 4 is 34.0 Å². The van der Waals surface area contributed by atoms with E-state index < -0.39 is 0 Å². The largest absolute Gasteiger partial charge is 0.496 e. The predicted octanol–water partition coefficient (Wildman–Crippen LogP) is 5.11. The second kappa shape index (κ2) is 8.41. The molecule has 3 rings (SSSR count). The van der Waals surface area contributed by atoms with E-state index in [-0.39, 0.29) is 12.5 Å². The Morgan fingerprint density at radius 1 is 1.19 bits per heavy atom. The molecule has 0 aliphatic heterocycles. The van der Waals surface area contributed by atoms with Crippen molar-refractivity contribution < 1.29 is 14.3 Å². The van der Waals surface area contributed by atoms with Gasteiger partial charge >= 0.3 is 0 Å². The van der Waals surface area contributed by atoms with Crippen molar-refractivity contribution in [2.24, 2.45) is 0 Å². The third-order valence-corrected chi connectivity index (χ3v) is 5.03. The second-order valence-corrected chi connectivity index (χ2v) is 7.54. The van der Waals surface area contributed by atoms with Crippen LogP contribution in [-0.4, -0.2) is 24.6 Å². The molecule has 0 saturated carbocycles. The van der Waals surface area contributed by atoms with E-state index in [0.717, 1.165) is 27.4 Å². The molecule has 0 radical (unpaired) electrons. The second-order valence-electron chi connectivity index (χ2n) is 5.90. The highest BCUT2D eigenvalue weighted by Crippen LogP contribution is 2.32. The standard InChI is InChI=1S/C20H19ClN2O3S/c1-12-10-14(4-9-17(12)25-3)19-13(2)27-20(23-19)22-18(24)11-26-16-7-5-15(21)6-8-16/h4-10H,11H2,1-3H3,(H,22,23,24). The van der Waals surface area contributed by atoms with Gasteiger partial charge in [0, 0.05) is 15.5 Å². The molecular weight excluding hydrogens is 384 g/mol. The fraction of sp³-hybridized carbons (Fsp3) is 0.200. The van der Waals surface area contributed by atoms with Gasteiger partial charge in [-0.25, -0.2) is 4.98 Å². The first-order valence-electron chi connectivity index (χ1n) is 8.27. The molecule has 0 fully saturated rings. The zero-order chi connectivity index (χ0) is 19.4. The molecule has 7 heteroatoms. The number of nitrogens with zero attached hydrogens (tertiary/aromatic N) is 1. The molecule has 2 aromatic carbocycles. The molecule has 1 heterocycles. The number of amides is 1. The lowest BCUT2D eigenvalue weighted by molar-refractivity contribution is -0.118. The third-order valence-electron chi connectivity index (χ3n) is 3.89. The van der Waals surface area contributed by atoms with Crippen molar-refractivity contribution in [2.45, 2.75) is 13.8 Å². The van der Waals surface area contributed by atoms with Gasteiger partial charge in [-0.1, -0.05) is 11.6 Å². The molecule has 27 heavy (non-hydrogen) atoms. The highest BCUT2D eigenvalue weighted by molar-refractivity contribution is 7.16. The smallest absolute Gasteiger partial charge is 0.264 e. The summed E-state index contributed by atoms with van der Waals surface area (Å²) in [5.41, 5.74) is 2.86. The molecule has 140 valence electrons. The van der Waals surface area contributed by atoms with Crippen LogP contribution in [0, 0.1) is 13.8 Å². The number of rotatable bonds is 6. The van der Waals surface area contributed by atoms with Crippen LogP contribution in [-0.2, 0) is 4.79 Å². The van der Waals surface area contributed by atoms with Gasteiger partial charge in [0.15, 0.2) is 11.7 Å². The van der Waals surface area contributed by atoms with Crippen molar-refractivity contribution in [3.8, 4) is 22.8 Å². The zero-order valence-electron chi connectivity index (χ0n) is 15.2. The number of methoxy groups -OCH3 is 1. The van der Waals surface area contributed by atoms with Crippen LogP contribution in [0.4, 0.5) is 5.13 Å². The molecule has 0 bridgehead atoms. The van der Waals surface area contributed by atoms with Gasteiger partial charge in [-0.05, 0) is 61.9 Å². The summed E-state index contributed by atoms with van der Waals surface area (Å²) in [6.45, 7) is 3.87. The lowest BCUT2D eigenvalue weighted by atomic mass is 10.1. The van der Waals surface area contributed by atoms with Gasteiger partial charge in [-0.3, -0.25) is 10.1 Å². The van der Waals surface area contributed by atoms with Crippen LogP contribution in [0.25, 0.3) is 11.3 Å². The average Bonchev–Trinajstić information content (AvgIpc) is 3.01. The van der Waals surface area contributed by atoms with E-state index >= 15 is 0 Å². The van der Waals surface area contributed by atoms with Gasteiger partial charge in [-0.2, -0.15) is 0 Å². The zero-order valence-corrected chi connectivity index (χ0v) is 16.8. The maximum Gasteiger partial charge on any atom is 0.264 e. The van der Waals surface area contributed by atoms with Crippen LogP contribution in [0.1, 0.15) is 10.4 Å². The molecule has 0 aliphatic rings. The van der Waals surface area contributed by atoms with E-state index in [2.05, 4.69) is 10.3 Å². The summed E-state index contributed by atoms with van der Waals surface area (Å²) >= 11 is 7.26. The summed E-state index contributed by atoms with van der Waals surface area (Å²) in [4.78, 5) is 17.7. The van der Waals surface area contributed by atoms with Crippen LogP contribution in [0.5, 0.6) is 11.5 Å². The Morgan fingerprint density at radius 2 is 1.93 bits per heavy atom. The molecule has 5 nitrogen and oxygen atoms in total. The van der Waals surface area contributed by atoms with E-state index in [1.54, 1.807) is 31.4 Å². The van der Waals surface area contributed by atoms with Crippen LogP contribution in [0.3, 0.4) is 0 Å². The van der Waals surface area contributed by atoms with Gasteiger partial charge in [0.25, 0.3) is 5.91 Å². The fourth-order valence-electron chi connectivity index (χ4n) is 2.58. The Labute approximate surface area is 166 Å². The number of hydrogen-bond donors (Lipinski definition) is 1. The number of carbonyl (C=O) groups excluding carboxylic acids is 1. The molecule has 1 amide bonds. The molecular formula is C20H19ClN2O3S. The number of thiazole rings is 1. The third kappa shape index (κ3) is 4.78. The number of anilines is 1. The highest BCUT2D eigenvalue weighted by atomic mass is 35.5. The minimum atomic E-state index is -0.267. The summed E-state index contributed by atoms with van der Waals surface area (Å²) in [5.74, 6) is 1.15. The van der Waals surface area contributed by atoms with Gasteiger partial charge in [0.1, 0.15) is 11.5 Å². The Hall–Kier alpha value is -2.57. The number of benzene rings is 2. The summed E-state index contributed by atoms with van der Waals surface area (Å²) < 4.78 is 10.7. The monoisotopic (exact) mass is 402 g/mol. The summed E-state index contributed by atoms with van der Waals surface area (Å²) in [5, 5.41) is 3.94. The van der Waals surface area contributed by atoms with E-state index in [1.807, 2.05) is 32.0 Å². The van der Waals surface area contributed by atoms with Crippen LogP contribution < -0.4 is 14.8 Å². The molecule has 0 atom stereocenters. The van der Waals surface area contributed by atoms with Gasteiger partial charge in [-0.15, -0.1) is 11.3 Å². The van der Waals surface area contributed by atoms with Gasteiger partial charge < -0.3 is 9.47 Å². The van der Waals surface area contributed by atoms with Crippen LogP contribution >= 0.6 is 22.9 Å². The first-order chi connectivity index (χ1) is 13.0. The highest BCUT2D eigenvalue weighted by Gasteiger charge is 2.13. The maximum atomic E-state index is 12.1. The molecule has 0 unspecified atom stereocenters. The topological polar surface area (TPSA) is 60.5 Å². The number of halogens is 1. The number of aromatic nitrogens is 1.